The van der Waals surface area contributed by atoms with Crippen LogP contribution in [0.25, 0.3) is 0 Å². The van der Waals surface area contributed by atoms with Crippen LogP contribution in [0, 0.1) is 5.92 Å². The summed E-state index contributed by atoms with van der Waals surface area (Å²) in [5.74, 6) is 0.190. The maximum Gasteiger partial charge on any atom is 0.354 e. The van der Waals surface area contributed by atoms with Crippen LogP contribution in [0.2, 0.25) is 0 Å². The fraction of sp³-hybridized carbons (Fsp3) is 0.615. The largest absolute Gasteiger partial charge is 0.461 e. The van der Waals surface area contributed by atoms with Crippen molar-refractivity contribution in [2.75, 3.05) is 6.61 Å². The molecule has 0 radical (unpaired) electrons. The van der Waals surface area contributed by atoms with E-state index >= 15 is 0 Å². The van der Waals surface area contributed by atoms with Gasteiger partial charge in [0.05, 0.1) is 6.61 Å². The van der Waals surface area contributed by atoms with Gasteiger partial charge in [-0.15, -0.1) is 0 Å². The maximum absolute atomic E-state index is 12.0. The first-order valence-corrected chi connectivity index (χ1v) is 9.04. The Morgan fingerprint density at radius 3 is 2.75 bits per heavy atom. The molecule has 1 heterocycles. The molecule has 7 heteroatoms. The predicted octanol–water partition coefficient (Wildman–Crippen LogP) is 2.78. The van der Waals surface area contributed by atoms with E-state index in [-0.39, 0.29) is 10.6 Å². The van der Waals surface area contributed by atoms with Crippen molar-refractivity contribution in [3.63, 3.8) is 0 Å². The van der Waals surface area contributed by atoms with E-state index in [1.165, 1.54) is 25.1 Å². The zero-order valence-electron chi connectivity index (χ0n) is 11.3. The lowest BCUT2D eigenvalue weighted by molar-refractivity contribution is 0.0482. The monoisotopic (exact) mass is 319 g/mol. The van der Waals surface area contributed by atoms with Gasteiger partial charge in [0.15, 0.2) is 0 Å². The van der Waals surface area contributed by atoms with Gasteiger partial charge in [-0.05, 0) is 24.8 Å². The molecule has 1 aliphatic rings. The fourth-order valence-corrected chi connectivity index (χ4v) is 2.77. The van der Waals surface area contributed by atoms with E-state index in [2.05, 4.69) is 0 Å². The van der Waals surface area contributed by atoms with Crippen molar-refractivity contribution in [1.82, 2.24) is 4.57 Å². The van der Waals surface area contributed by atoms with Crippen LogP contribution in [0.1, 0.15) is 43.1 Å². The molecule has 1 saturated carbocycles. The average Bonchev–Trinajstić information content (AvgIpc) is 3.06. The van der Waals surface area contributed by atoms with Crippen molar-refractivity contribution in [2.24, 2.45) is 5.92 Å². The second-order valence-electron chi connectivity index (χ2n) is 5.06. The van der Waals surface area contributed by atoms with Crippen molar-refractivity contribution in [2.45, 2.75) is 44.0 Å². The van der Waals surface area contributed by atoms with E-state index in [1.54, 1.807) is 4.57 Å². The molecule has 2 rings (SSSR count). The molecule has 0 aromatic carbocycles. The standard InChI is InChI=1S/C13H18ClNO4S/c1-2-6-15-9-11(20(14,17)18)8-12(15)13(16)19-7-5-10-3-4-10/h8-10H,2-7H2,1H3. The lowest BCUT2D eigenvalue weighted by Gasteiger charge is -2.07. The minimum atomic E-state index is -3.84. The van der Waals surface area contributed by atoms with E-state index in [0.29, 0.717) is 19.1 Å². The predicted molar refractivity (Wildman–Crippen MR) is 75.4 cm³/mol. The molecule has 0 N–H and O–H groups in total. The van der Waals surface area contributed by atoms with Crippen molar-refractivity contribution in [3.8, 4) is 0 Å². The molecular formula is C13H18ClNO4S. The third kappa shape index (κ3) is 3.99. The second-order valence-corrected chi connectivity index (χ2v) is 7.63. The van der Waals surface area contributed by atoms with E-state index in [1.807, 2.05) is 6.92 Å². The first kappa shape index (κ1) is 15.4. The van der Waals surface area contributed by atoms with Gasteiger partial charge in [0.25, 0.3) is 9.05 Å². The van der Waals surface area contributed by atoms with Crippen LogP contribution in [0.3, 0.4) is 0 Å². The smallest absolute Gasteiger partial charge is 0.354 e. The number of carbonyl (C=O) groups is 1. The molecule has 1 aromatic heterocycles. The van der Waals surface area contributed by atoms with Crippen molar-refractivity contribution in [1.29, 1.82) is 0 Å². The summed E-state index contributed by atoms with van der Waals surface area (Å²) in [4.78, 5) is 11.9. The minimum absolute atomic E-state index is 0.0678. The van der Waals surface area contributed by atoms with Gasteiger partial charge in [0.2, 0.25) is 0 Å². The van der Waals surface area contributed by atoms with E-state index in [0.717, 1.165) is 12.8 Å². The summed E-state index contributed by atoms with van der Waals surface area (Å²) in [6.07, 6.45) is 5.44. The lowest BCUT2D eigenvalue weighted by Crippen LogP contribution is -2.12. The highest BCUT2D eigenvalue weighted by molar-refractivity contribution is 8.13. The van der Waals surface area contributed by atoms with Gasteiger partial charge in [0, 0.05) is 23.4 Å². The molecule has 0 unspecified atom stereocenters. The Morgan fingerprint density at radius 1 is 1.50 bits per heavy atom. The second kappa shape index (κ2) is 6.18. The highest BCUT2D eigenvalue weighted by Crippen LogP contribution is 2.32. The highest BCUT2D eigenvalue weighted by Gasteiger charge is 2.23. The van der Waals surface area contributed by atoms with Gasteiger partial charge >= 0.3 is 5.97 Å². The third-order valence-corrected chi connectivity index (χ3v) is 4.60. The van der Waals surface area contributed by atoms with E-state index in [4.69, 9.17) is 15.4 Å². The Hall–Kier alpha value is -1.01. The Labute approximate surface area is 123 Å². The summed E-state index contributed by atoms with van der Waals surface area (Å²) in [7, 11) is 1.47. The van der Waals surface area contributed by atoms with Gasteiger partial charge < -0.3 is 9.30 Å². The Kier molecular flexibility index (Phi) is 4.75. The zero-order chi connectivity index (χ0) is 14.8. The summed E-state index contributed by atoms with van der Waals surface area (Å²) in [5.41, 5.74) is 0.238. The summed E-state index contributed by atoms with van der Waals surface area (Å²) in [6, 6.07) is 1.28. The molecule has 20 heavy (non-hydrogen) atoms. The zero-order valence-corrected chi connectivity index (χ0v) is 12.9. The van der Waals surface area contributed by atoms with Crippen LogP contribution in [-0.4, -0.2) is 25.6 Å². The summed E-state index contributed by atoms with van der Waals surface area (Å²) in [5, 5.41) is 0. The van der Waals surface area contributed by atoms with Crippen molar-refractivity contribution >= 4 is 25.7 Å². The first-order chi connectivity index (χ1) is 9.41. The fourth-order valence-electron chi connectivity index (χ4n) is 2.01. The number of rotatable bonds is 7. The molecule has 0 aliphatic heterocycles. The van der Waals surface area contributed by atoms with Crippen LogP contribution in [0.15, 0.2) is 17.2 Å². The Bertz CT molecular complexity index is 590. The van der Waals surface area contributed by atoms with Gasteiger partial charge in [-0.25, -0.2) is 13.2 Å². The molecule has 0 saturated heterocycles. The number of aromatic nitrogens is 1. The molecule has 1 fully saturated rings. The number of aryl methyl sites for hydroxylation is 1. The van der Waals surface area contributed by atoms with Gasteiger partial charge in [-0.2, -0.15) is 0 Å². The molecule has 5 nitrogen and oxygen atoms in total. The molecule has 0 bridgehead atoms. The quantitative estimate of drug-likeness (QED) is 0.572. The molecular weight excluding hydrogens is 302 g/mol. The summed E-state index contributed by atoms with van der Waals surface area (Å²) < 4.78 is 29.4. The number of esters is 1. The Morgan fingerprint density at radius 2 is 2.20 bits per heavy atom. The van der Waals surface area contributed by atoms with Crippen LogP contribution < -0.4 is 0 Å². The van der Waals surface area contributed by atoms with Crippen LogP contribution in [0.5, 0.6) is 0 Å². The minimum Gasteiger partial charge on any atom is -0.461 e. The van der Waals surface area contributed by atoms with Crippen LogP contribution in [0.4, 0.5) is 0 Å². The molecule has 1 aliphatic carbocycles. The van der Waals surface area contributed by atoms with E-state index < -0.39 is 15.0 Å². The third-order valence-electron chi connectivity index (χ3n) is 3.28. The SMILES string of the molecule is CCCn1cc(S(=O)(=O)Cl)cc1C(=O)OCCC1CC1. The van der Waals surface area contributed by atoms with Crippen LogP contribution >= 0.6 is 10.7 Å². The average molecular weight is 320 g/mol. The van der Waals surface area contributed by atoms with Crippen molar-refractivity contribution < 1.29 is 17.9 Å². The van der Waals surface area contributed by atoms with Crippen molar-refractivity contribution in [3.05, 3.63) is 18.0 Å². The molecule has 1 aromatic rings. The summed E-state index contributed by atoms with van der Waals surface area (Å²) in [6.45, 7) is 2.86. The summed E-state index contributed by atoms with van der Waals surface area (Å²) >= 11 is 0. The topological polar surface area (TPSA) is 65.4 Å². The maximum atomic E-state index is 12.0. The highest BCUT2D eigenvalue weighted by atomic mass is 35.7. The van der Waals surface area contributed by atoms with Gasteiger partial charge in [0.1, 0.15) is 10.6 Å². The Balaban J connectivity index is 2.10. The van der Waals surface area contributed by atoms with Crippen LogP contribution in [-0.2, 0) is 20.3 Å². The van der Waals surface area contributed by atoms with Gasteiger partial charge in [-0.3, -0.25) is 0 Å². The number of nitrogens with zero attached hydrogens (tertiary/aromatic N) is 1. The number of carbonyl (C=O) groups excluding carboxylic acids is 1. The van der Waals surface area contributed by atoms with Gasteiger partial charge in [-0.1, -0.05) is 19.8 Å². The molecule has 0 spiro atoms. The normalized spacial score (nSPS) is 15.3. The molecule has 112 valence electrons. The number of hydrogen-bond donors (Lipinski definition) is 0. The molecule has 0 atom stereocenters. The van der Waals surface area contributed by atoms with E-state index in [9.17, 15) is 13.2 Å². The lowest BCUT2D eigenvalue weighted by atomic mass is 10.3. The first-order valence-electron chi connectivity index (χ1n) is 6.73. The number of halogens is 1. The molecule has 0 amide bonds. The number of hydrogen-bond acceptors (Lipinski definition) is 4. The number of ether oxygens (including phenoxy) is 1.